The van der Waals surface area contributed by atoms with Crippen LogP contribution in [-0.2, 0) is 11.0 Å². The number of ketones is 1. The Morgan fingerprint density at radius 1 is 1.11 bits per heavy atom. The fourth-order valence-electron chi connectivity index (χ4n) is 4.77. The minimum absolute atomic E-state index is 0.0600. The van der Waals surface area contributed by atoms with Gasteiger partial charge in [0, 0.05) is 42.5 Å². The molecule has 3 aromatic rings. The number of hydrogen-bond acceptors (Lipinski definition) is 4. The van der Waals surface area contributed by atoms with Gasteiger partial charge >= 0.3 is 6.18 Å². The zero-order valence-corrected chi connectivity index (χ0v) is 19.0. The molecule has 0 N–H and O–H groups in total. The molecule has 2 aromatic heterocycles. The molecule has 2 aliphatic rings. The van der Waals surface area contributed by atoms with Gasteiger partial charge in [-0.25, -0.2) is 0 Å². The molecule has 1 aromatic carbocycles. The smallest absolute Gasteiger partial charge is 0.309 e. The predicted octanol–water partition coefficient (Wildman–Crippen LogP) is 6.56. The number of nitriles is 1. The number of carbonyl (C=O) groups excluding carboxylic acids is 1. The summed E-state index contributed by atoms with van der Waals surface area (Å²) in [5.41, 5.74) is 0.998. The fourth-order valence-corrected chi connectivity index (χ4v) is 4.98. The van der Waals surface area contributed by atoms with E-state index in [9.17, 15) is 23.2 Å². The lowest BCUT2D eigenvalue weighted by molar-refractivity contribution is -0.137. The van der Waals surface area contributed by atoms with E-state index in [1.54, 1.807) is 58.5 Å². The Hall–Kier alpha value is -3.83. The van der Waals surface area contributed by atoms with E-state index < -0.39 is 17.7 Å². The van der Waals surface area contributed by atoms with Gasteiger partial charge in [-0.3, -0.25) is 14.7 Å². The van der Waals surface area contributed by atoms with Crippen molar-refractivity contribution < 1.29 is 18.0 Å². The first-order valence-corrected chi connectivity index (χ1v) is 11.3. The van der Waals surface area contributed by atoms with Crippen molar-refractivity contribution in [2.24, 2.45) is 0 Å². The molecular weight excluding hydrogens is 477 g/mol. The van der Waals surface area contributed by atoms with E-state index in [4.69, 9.17) is 11.6 Å². The van der Waals surface area contributed by atoms with E-state index in [1.807, 2.05) is 0 Å². The molecule has 9 heteroatoms. The van der Waals surface area contributed by atoms with Gasteiger partial charge in [-0.1, -0.05) is 17.7 Å². The van der Waals surface area contributed by atoms with Crippen molar-refractivity contribution >= 4 is 28.9 Å². The zero-order valence-electron chi connectivity index (χ0n) is 18.3. The molecule has 0 unspecified atom stereocenters. The Morgan fingerprint density at radius 2 is 1.89 bits per heavy atom. The van der Waals surface area contributed by atoms with Crippen LogP contribution in [0.15, 0.2) is 84.1 Å². The summed E-state index contributed by atoms with van der Waals surface area (Å²) in [7, 11) is 0. The summed E-state index contributed by atoms with van der Waals surface area (Å²) in [6, 6.07) is 12.3. The lowest BCUT2D eigenvalue weighted by atomic mass is 9.76. The highest BCUT2D eigenvalue weighted by molar-refractivity contribution is 6.33. The van der Waals surface area contributed by atoms with Crippen molar-refractivity contribution in [1.29, 1.82) is 5.26 Å². The fraction of sp³-hybridized carbons (Fsp3) is 0.192. The molecule has 0 bridgehead atoms. The molecule has 5 nitrogen and oxygen atoms in total. The van der Waals surface area contributed by atoms with Gasteiger partial charge in [-0.15, -0.1) is 0 Å². The molecule has 0 saturated carbocycles. The number of Topliss-reactive ketones (excluding diaryl/α,β-unsaturated/α-hetero) is 1. The van der Waals surface area contributed by atoms with E-state index in [-0.39, 0.29) is 28.5 Å². The average Bonchev–Trinajstić information content (AvgIpc) is 3.38. The minimum Gasteiger partial charge on any atom is -0.309 e. The standard InChI is InChI=1S/C26H18ClF3N4O/c27-19-9-8-17(26(28,29)30)13-21(19)34-20-6-3-7-22(35)24(20)23(16-5-4-10-32-15-16)18(14-31)25(34)33-11-1-2-12-33/h1-2,4-5,8-13,15,23H,3,6-7H2/t23-/m0/s1. The molecule has 0 spiro atoms. The van der Waals surface area contributed by atoms with Crippen LogP contribution in [0, 0.1) is 11.3 Å². The highest BCUT2D eigenvalue weighted by atomic mass is 35.5. The number of halogens is 4. The van der Waals surface area contributed by atoms with Crippen molar-refractivity contribution in [3.63, 3.8) is 0 Å². The first kappa shape index (κ1) is 22.9. The monoisotopic (exact) mass is 494 g/mol. The molecule has 0 saturated heterocycles. The Bertz CT molecular complexity index is 1400. The highest BCUT2D eigenvalue weighted by Crippen LogP contribution is 2.50. The number of rotatable bonds is 3. The third kappa shape index (κ3) is 3.92. The number of anilines is 1. The molecule has 5 rings (SSSR count). The second-order valence-electron chi connectivity index (χ2n) is 8.30. The Labute approximate surface area is 204 Å². The molecule has 176 valence electrons. The van der Waals surface area contributed by atoms with E-state index >= 15 is 0 Å². The number of alkyl halides is 3. The first-order chi connectivity index (χ1) is 16.8. The normalized spacial score (nSPS) is 18.5. The molecule has 1 atom stereocenters. The molecular formula is C26H18ClF3N4O. The Kier molecular flexibility index (Phi) is 5.73. The summed E-state index contributed by atoms with van der Waals surface area (Å²) >= 11 is 6.48. The SMILES string of the molecule is N#CC1=C(n2cccc2)N(c2cc(C(F)(F)F)ccc2Cl)C2=C(C(=O)CCC2)[C@H]1c1cccnc1. The molecule has 0 radical (unpaired) electrons. The maximum atomic E-state index is 13.7. The van der Waals surface area contributed by atoms with Crippen molar-refractivity contribution in [2.45, 2.75) is 31.4 Å². The maximum Gasteiger partial charge on any atom is 0.416 e. The van der Waals surface area contributed by atoms with Crippen LogP contribution in [0.25, 0.3) is 5.82 Å². The molecule has 1 aliphatic carbocycles. The van der Waals surface area contributed by atoms with Gasteiger partial charge in [0.1, 0.15) is 5.82 Å². The third-order valence-corrected chi connectivity index (χ3v) is 6.55. The van der Waals surface area contributed by atoms with Crippen LogP contribution >= 0.6 is 11.6 Å². The number of aromatic nitrogens is 2. The number of benzene rings is 1. The predicted molar refractivity (Wildman–Crippen MR) is 125 cm³/mol. The molecule has 3 heterocycles. The van der Waals surface area contributed by atoms with Gasteiger partial charge in [-0.05, 0) is 54.8 Å². The molecule has 0 amide bonds. The van der Waals surface area contributed by atoms with Crippen molar-refractivity contribution in [3.8, 4) is 6.07 Å². The number of nitrogens with zero attached hydrogens (tertiary/aromatic N) is 4. The second-order valence-corrected chi connectivity index (χ2v) is 8.70. The van der Waals surface area contributed by atoms with Crippen LogP contribution in [0.5, 0.6) is 0 Å². The summed E-state index contributed by atoms with van der Waals surface area (Å²) < 4.78 is 42.6. The Morgan fingerprint density at radius 3 is 2.54 bits per heavy atom. The van der Waals surface area contributed by atoms with Crippen molar-refractivity contribution in [1.82, 2.24) is 9.55 Å². The van der Waals surface area contributed by atoms with Gasteiger partial charge in [0.25, 0.3) is 0 Å². The van der Waals surface area contributed by atoms with Gasteiger partial charge < -0.3 is 4.57 Å². The summed E-state index contributed by atoms with van der Waals surface area (Å²) in [5.74, 6) is -0.511. The summed E-state index contributed by atoms with van der Waals surface area (Å²) in [6.45, 7) is 0. The van der Waals surface area contributed by atoms with Crippen LogP contribution in [0.1, 0.15) is 36.3 Å². The maximum absolute atomic E-state index is 13.7. The summed E-state index contributed by atoms with van der Waals surface area (Å²) in [5, 5.41) is 10.4. The summed E-state index contributed by atoms with van der Waals surface area (Å²) in [4.78, 5) is 19.0. The van der Waals surface area contributed by atoms with E-state index in [2.05, 4.69) is 11.1 Å². The topological polar surface area (TPSA) is 61.9 Å². The first-order valence-electron chi connectivity index (χ1n) is 10.9. The zero-order chi connectivity index (χ0) is 24.7. The van der Waals surface area contributed by atoms with Crippen LogP contribution in [0.3, 0.4) is 0 Å². The van der Waals surface area contributed by atoms with Gasteiger partial charge in [-0.2, -0.15) is 18.4 Å². The van der Waals surface area contributed by atoms with Gasteiger partial charge in [0.15, 0.2) is 5.78 Å². The number of allylic oxidation sites excluding steroid dienone is 3. The third-order valence-electron chi connectivity index (χ3n) is 6.23. The highest BCUT2D eigenvalue weighted by Gasteiger charge is 2.42. The quantitative estimate of drug-likeness (QED) is 0.414. The number of carbonyl (C=O) groups is 1. The number of pyridine rings is 1. The molecule has 0 fully saturated rings. The Balaban J connectivity index is 1.86. The van der Waals surface area contributed by atoms with Gasteiger partial charge in [0.2, 0.25) is 0 Å². The van der Waals surface area contributed by atoms with Crippen LogP contribution in [0.4, 0.5) is 18.9 Å². The second kappa shape index (κ2) is 8.75. The lowest BCUT2D eigenvalue weighted by Gasteiger charge is -2.41. The van der Waals surface area contributed by atoms with Gasteiger partial charge in [0.05, 0.1) is 33.8 Å². The van der Waals surface area contributed by atoms with Crippen LogP contribution in [0.2, 0.25) is 5.02 Å². The summed E-state index contributed by atoms with van der Waals surface area (Å²) in [6.07, 6.45) is 3.28. The van der Waals surface area contributed by atoms with Crippen LogP contribution in [-0.4, -0.2) is 15.3 Å². The van der Waals surface area contributed by atoms with Crippen LogP contribution < -0.4 is 4.90 Å². The van der Waals surface area contributed by atoms with E-state index in [0.29, 0.717) is 35.5 Å². The average molecular weight is 495 g/mol. The van der Waals surface area contributed by atoms with E-state index in [1.165, 1.54) is 6.07 Å². The van der Waals surface area contributed by atoms with Crippen molar-refractivity contribution in [3.05, 3.63) is 100 Å². The van der Waals surface area contributed by atoms with Crippen molar-refractivity contribution in [2.75, 3.05) is 4.90 Å². The van der Waals surface area contributed by atoms with E-state index in [0.717, 1.165) is 12.1 Å². The molecule has 35 heavy (non-hydrogen) atoms. The minimum atomic E-state index is -4.59. The lowest BCUT2D eigenvalue weighted by Crippen LogP contribution is -2.37. The number of hydrogen-bond donors (Lipinski definition) is 0. The molecule has 1 aliphatic heterocycles. The largest absolute Gasteiger partial charge is 0.416 e.